The zero-order chi connectivity index (χ0) is 15.6. The van der Waals surface area contributed by atoms with Crippen molar-refractivity contribution >= 4 is 34.7 Å². The van der Waals surface area contributed by atoms with Gasteiger partial charge in [-0.2, -0.15) is 0 Å². The summed E-state index contributed by atoms with van der Waals surface area (Å²) in [6, 6.07) is -1.32. The number of ether oxygens (including phenoxy) is 2. The number of carbonyl (C=O) groups excluding carboxylic acids is 2. The Balaban J connectivity index is 2.61. The lowest BCUT2D eigenvalue weighted by atomic mass is 9.83. The summed E-state index contributed by atoms with van der Waals surface area (Å²) < 4.78 is 36.5. The van der Waals surface area contributed by atoms with E-state index in [1.165, 1.54) is 7.11 Å². The third-order valence-corrected chi connectivity index (χ3v) is 3.21. The molecule has 20 heavy (non-hydrogen) atoms. The van der Waals surface area contributed by atoms with Crippen molar-refractivity contribution in [3.05, 3.63) is 0 Å². The highest BCUT2D eigenvalue weighted by Gasteiger charge is 2.48. The summed E-state index contributed by atoms with van der Waals surface area (Å²) in [5, 5.41) is 2.18. The molecule has 1 saturated carbocycles. The molecule has 0 unspecified atom stereocenters. The number of carbonyl (C=O) groups is 2. The van der Waals surface area contributed by atoms with Gasteiger partial charge >= 0.3 is 12.1 Å². The van der Waals surface area contributed by atoms with Crippen LogP contribution in [0.1, 0.15) is 33.1 Å². The lowest BCUT2D eigenvalue weighted by molar-refractivity contribution is -0.154. The molecule has 1 N–H and O–H groups in total. The maximum absolute atomic E-state index is 13.9. The van der Waals surface area contributed by atoms with E-state index in [2.05, 4.69) is 10.1 Å². The molecule has 5 nitrogen and oxygen atoms in total. The van der Waals surface area contributed by atoms with Crippen LogP contribution >= 0.6 is 22.6 Å². The fourth-order valence-corrected chi connectivity index (χ4v) is 2.29. The van der Waals surface area contributed by atoms with Crippen LogP contribution in [-0.2, 0) is 14.3 Å². The molecule has 0 heterocycles. The Labute approximate surface area is 129 Å². The molecule has 0 aromatic carbocycles. The molecule has 0 bridgehead atoms. The Hall–Kier alpha value is -0.670. The highest BCUT2D eigenvalue weighted by atomic mass is 127. The van der Waals surface area contributed by atoms with Crippen molar-refractivity contribution in [2.24, 2.45) is 5.92 Å². The predicted molar refractivity (Wildman–Crippen MR) is 75.8 cm³/mol. The standard InChI is InChI=1S/C12H18F2INO4/c1-11(2,15)20-10(18)16-8-5-4-7(9(17)19-3)6-12(8,13)14/h7-8H,4-6H2,1-3H3,(H,16,18)/t7-,8-/m1/s1. The quantitative estimate of drug-likeness (QED) is 0.446. The van der Waals surface area contributed by atoms with Gasteiger partial charge < -0.3 is 14.8 Å². The first-order valence-electron chi connectivity index (χ1n) is 6.19. The number of nitrogens with one attached hydrogen (secondary N) is 1. The summed E-state index contributed by atoms with van der Waals surface area (Å²) in [5.74, 6) is -4.63. The van der Waals surface area contributed by atoms with E-state index in [-0.39, 0.29) is 12.8 Å². The van der Waals surface area contributed by atoms with Gasteiger partial charge in [-0.25, -0.2) is 13.6 Å². The average molecular weight is 405 g/mol. The number of esters is 1. The van der Waals surface area contributed by atoms with Crippen molar-refractivity contribution in [3.8, 4) is 0 Å². The smallest absolute Gasteiger partial charge is 0.408 e. The molecule has 0 aliphatic heterocycles. The van der Waals surface area contributed by atoms with Gasteiger partial charge in [0.05, 0.1) is 19.1 Å². The first-order valence-corrected chi connectivity index (χ1v) is 7.27. The van der Waals surface area contributed by atoms with Crippen LogP contribution in [0.15, 0.2) is 0 Å². The second-order valence-corrected chi connectivity index (χ2v) is 7.81. The van der Waals surface area contributed by atoms with E-state index in [1.807, 2.05) is 22.6 Å². The van der Waals surface area contributed by atoms with E-state index in [1.54, 1.807) is 13.8 Å². The molecule has 1 aliphatic rings. The molecular weight excluding hydrogens is 387 g/mol. The van der Waals surface area contributed by atoms with Gasteiger partial charge in [0.1, 0.15) is 0 Å². The minimum absolute atomic E-state index is 0.00351. The third-order valence-electron chi connectivity index (χ3n) is 2.99. The van der Waals surface area contributed by atoms with E-state index >= 15 is 0 Å². The first kappa shape index (κ1) is 17.4. The molecule has 2 atom stereocenters. The lowest BCUT2D eigenvalue weighted by Crippen LogP contribution is -2.52. The van der Waals surface area contributed by atoms with Crippen molar-refractivity contribution in [1.29, 1.82) is 0 Å². The van der Waals surface area contributed by atoms with E-state index < -0.39 is 40.0 Å². The predicted octanol–water partition coefficient (Wildman–Crippen LogP) is 2.86. The zero-order valence-electron chi connectivity index (χ0n) is 11.5. The van der Waals surface area contributed by atoms with Crippen molar-refractivity contribution in [3.63, 3.8) is 0 Å². The fourth-order valence-electron chi connectivity index (χ4n) is 2.09. The Kier molecular flexibility index (Phi) is 5.56. The van der Waals surface area contributed by atoms with Crippen LogP contribution in [0.5, 0.6) is 0 Å². The number of hydrogen-bond acceptors (Lipinski definition) is 4. The molecule has 0 aromatic rings. The normalized spacial score (nSPS) is 25.7. The Bertz CT molecular complexity index is 384. The van der Waals surface area contributed by atoms with Gasteiger partial charge in [-0.15, -0.1) is 0 Å². The summed E-state index contributed by atoms with van der Waals surface area (Å²) in [7, 11) is 1.17. The summed E-state index contributed by atoms with van der Waals surface area (Å²) >= 11 is 1.88. The molecule has 116 valence electrons. The first-order chi connectivity index (χ1) is 9.05. The Morgan fingerprint density at radius 3 is 2.40 bits per heavy atom. The molecule has 1 fully saturated rings. The van der Waals surface area contributed by atoms with Crippen LogP contribution in [0.25, 0.3) is 0 Å². The number of halogens is 3. The summed E-state index contributed by atoms with van der Waals surface area (Å²) in [6.07, 6.45) is -1.26. The number of alkyl halides is 3. The second-order valence-electron chi connectivity index (χ2n) is 5.21. The van der Waals surface area contributed by atoms with Crippen molar-refractivity contribution in [2.75, 3.05) is 7.11 Å². The maximum atomic E-state index is 13.9. The molecule has 8 heteroatoms. The van der Waals surface area contributed by atoms with Gasteiger partial charge in [0.25, 0.3) is 5.92 Å². The maximum Gasteiger partial charge on any atom is 0.408 e. The van der Waals surface area contributed by atoms with Crippen molar-refractivity contribution in [1.82, 2.24) is 5.32 Å². The van der Waals surface area contributed by atoms with Gasteiger partial charge in [0, 0.05) is 6.42 Å². The highest BCUT2D eigenvalue weighted by molar-refractivity contribution is 14.1. The van der Waals surface area contributed by atoms with Gasteiger partial charge in [-0.1, -0.05) is 0 Å². The number of alkyl carbamates (subject to hydrolysis) is 1. The molecule has 0 saturated heterocycles. The Morgan fingerprint density at radius 1 is 1.35 bits per heavy atom. The van der Waals surface area contributed by atoms with Crippen LogP contribution in [0.4, 0.5) is 13.6 Å². The minimum atomic E-state index is -3.16. The molecule has 0 radical (unpaired) electrons. The number of rotatable bonds is 3. The van der Waals surface area contributed by atoms with Gasteiger partial charge in [0.15, 0.2) is 3.61 Å². The van der Waals surface area contributed by atoms with Crippen LogP contribution in [0.2, 0.25) is 0 Å². The SMILES string of the molecule is COC(=O)[C@@H]1CC[C@@H](NC(=O)OC(C)(C)I)C(F)(F)C1. The zero-order valence-corrected chi connectivity index (χ0v) is 13.7. The average Bonchev–Trinajstić information content (AvgIpc) is 2.28. The van der Waals surface area contributed by atoms with Crippen LogP contribution < -0.4 is 5.32 Å². The second kappa shape index (κ2) is 6.40. The summed E-state index contributed by atoms with van der Waals surface area (Å²) in [4.78, 5) is 22.8. The molecule has 1 aliphatic carbocycles. The number of methoxy groups -OCH3 is 1. The molecule has 1 rings (SSSR count). The molecule has 0 spiro atoms. The van der Waals surface area contributed by atoms with Gasteiger partial charge in [0.2, 0.25) is 0 Å². The van der Waals surface area contributed by atoms with E-state index in [4.69, 9.17) is 4.74 Å². The molecular formula is C12H18F2INO4. The van der Waals surface area contributed by atoms with E-state index in [9.17, 15) is 18.4 Å². The fraction of sp³-hybridized carbons (Fsp3) is 0.833. The molecule has 0 aromatic heterocycles. The lowest BCUT2D eigenvalue weighted by Gasteiger charge is -2.35. The van der Waals surface area contributed by atoms with E-state index in [0.29, 0.717) is 0 Å². The van der Waals surface area contributed by atoms with Gasteiger partial charge in [-0.3, -0.25) is 4.79 Å². The topological polar surface area (TPSA) is 64.6 Å². The van der Waals surface area contributed by atoms with Crippen LogP contribution in [0, 0.1) is 5.92 Å². The largest absolute Gasteiger partial charge is 0.469 e. The van der Waals surface area contributed by atoms with Crippen molar-refractivity contribution < 1.29 is 27.8 Å². The van der Waals surface area contributed by atoms with E-state index in [0.717, 1.165) is 0 Å². The van der Waals surface area contributed by atoms with Crippen LogP contribution in [-0.4, -0.2) is 34.7 Å². The number of hydrogen-bond donors (Lipinski definition) is 1. The number of amides is 1. The highest BCUT2D eigenvalue weighted by Crippen LogP contribution is 2.37. The van der Waals surface area contributed by atoms with Crippen LogP contribution in [0.3, 0.4) is 0 Å². The van der Waals surface area contributed by atoms with Crippen molar-refractivity contribution in [2.45, 2.75) is 48.7 Å². The third kappa shape index (κ3) is 5.02. The monoisotopic (exact) mass is 405 g/mol. The van der Waals surface area contributed by atoms with Gasteiger partial charge in [-0.05, 0) is 49.3 Å². The summed E-state index contributed by atoms with van der Waals surface area (Å²) in [6.45, 7) is 3.28. The summed E-state index contributed by atoms with van der Waals surface area (Å²) in [5.41, 5.74) is 0. The molecule has 1 amide bonds. The Morgan fingerprint density at radius 2 is 1.95 bits per heavy atom. The minimum Gasteiger partial charge on any atom is -0.469 e.